The molecule has 1 aliphatic rings. The van der Waals surface area contributed by atoms with E-state index < -0.39 is 0 Å². The molecule has 2 atom stereocenters. The largest absolute Gasteiger partial charge is 0.389 e. The van der Waals surface area contributed by atoms with E-state index in [1.807, 2.05) is 11.8 Å². The first kappa shape index (κ1) is 14.7. The molecular weight excluding hydrogens is 272 g/mol. The van der Waals surface area contributed by atoms with Crippen LogP contribution in [-0.4, -0.2) is 23.3 Å². The lowest BCUT2D eigenvalue weighted by Gasteiger charge is -2.27. The van der Waals surface area contributed by atoms with Crippen LogP contribution in [0.5, 0.6) is 0 Å². The first-order chi connectivity index (χ1) is 9.04. The zero-order valence-electron chi connectivity index (χ0n) is 11.8. The second-order valence-electron chi connectivity index (χ2n) is 5.29. The molecule has 1 heterocycles. The molecule has 2 nitrogen and oxygen atoms in total. The Hall–Kier alpha value is -0.740. The maximum Gasteiger partial charge on any atom is 0.107 e. The van der Waals surface area contributed by atoms with Crippen molar-refractivity contribution in [3.63, 3.8) is 0 Å². The van der Waals surface area contributed by atoms with Crippen LogP contribution in [0.4, 0.5) is 5.69 Å². The Morgan fingerprint density at radius 3 is 2.74 bits per heavy atom. The average Bonchev–Trinajstić information content (AvgIpc) is 2.68. The van der Waals surface area contributed by atoms with Crippen LogP contribution in [0, 0.1) is 5.92 Å². The summed E-state index contributed by atoms with van der Waals surface area (Å²) in [5.41, 5.74) is 8.26. The number of hydrogen-bond acceptors (Lipinski definition) is 3. The molecule has 2 rings (SSSR count). The molecule has 0 amide bonds. The Balaban J connectivity index is 2.44. The molecule has 0 aromatic heterocycles. The first-order valence-corrected chi connectivity index (χ1v) is 8.26. The molecule has 104 valence electrons. The van der Waals surface area contributed by atoms with Gasteiger partial charge in [0, 0.05) is 28.7 Å². The Kier molecular flexibility index (Phi) is 4.74. The van der Waals surface area contributed by atoms with Gasteiger partial charge in [0.05, 0.1) is 0 Å². The molecule has 1 aromatic carbocycles. The maximum absolute atomic E-state index is 5.98. The molecule has 0 bridgehead atoms. The summed E-state index contributed by atoms with van der Waals surface area (Å²) < 4.78 is 0. The molecular formula is C15H22N2S2. The van der Waals surface area contributed by atoms with E-state index in [1.54, 1.807) is 0 Å². The van der Waals surface area contributed by atoms with Gasteiger partial charge in [-0.15, -0.1) is 11.8 Å². The number of rotatable bonds is 4. The molecule has 1 fully saturated rings. The summed E-state index contributed by atoms with van der Waals surface area (Å²) in [7, 11) is 0. The van der Waals surface area contributed by atoms with E-state index in [2.05, 4.69) is 43.9 Å². The summed E-state index contributed by atoms with van der Waals surface area (Å²) in [6.45, 7) is 7.84. The minimum absolute atomic E-state index is 0.512. The highest BCUT2D eigenvalue weighted by molar-refractivity contribution is 7.99. The van der Waals surface area contributed by atoms with Gasteiger partial charge >= 0.3 is 0 Å². The fourth-order valence-electron chi connectivity index (χ4n) is 2.92. The third-order valence-corrected chi connectivity index (χ3v) is 4.79. The van der Waals surface area contributed by atoms with E-state index in [9.17, 15) is 0 Å². The van der Waals surface area contributed by atoms with Crippen molar-refractivity contribution in [1.29, 1.82) is 0 Å². The molecule has 2 unspecified atom stereocenters. The van der Waals surface area contributed by atoms with Gasteiger partial charge in [0.25, 0.3) is 0 Å². The third kappa shape index (κ3) is 3.06. The van der Waals surface area contributed by atoms with Crippen molar-refractivity contribution in [2.75, 3.05) is 17.2 Å². The summed E-state index contributed by atoms with van der Waals surface area (Å²) in [5, 5.41) is 0. The molecule has 0 aliphatic carbocycles. The fraction of sp³-hybridized carbons (Fsp3) is 0.533. The third-order valence-electron chi connectivity index (χ3n) is 3.64. The minimum atomic E-state index is 0.512. The summed E-state index contributed by atoms with van der Waals surface area (Å²) in [6, 6.07) is 6.95. The Morgan fingerprint density at radius 1 is 1.47 bits per heavy atom. The molecule has 1 aliphatic heterocycles. The molecule has 0 saturated carbocycles. The van der Waals surface area contributed by atoms with Gasteiger partial charge in [-0.2, -0.15) is 0 Å². The normalized spacial score (nSPS) is 22.8. The van der Waals surface area contributed by atoms with Crippen LogP contribution in [0.1, 0.15) is 32.8 Å². The summed E-state index contributed by atoms with van der Waals surface area (Å²) in [5.74, 6) is 1.77. The summed E-state index contributed by atoms with van der Waals surface area (Å²) in [4.78, 5) is 4.18. The van der Waals surface area contributed by atoms with Gasteiger partial charge in [0.2, 0.25) is 0 Å². The predicted octanol–water partition coefficient (Wildman–Crippen LogP) is 3.67. The molecule has 1 aromatic rings. The monoisotopic (exact) mass is 294 g/mol. The minimum Gasteiger partial charge on any atom is -0.389 e. The zero-order chi connectivity index (χ0) is 14.0. The van der Waals surface area contributed by atoms with Crippen LogP contribution in [0.3, 0.4) is 0 Å². The molecule has 0 radical (unpaired) electrons. The van der Waals surface area contributed by atoms with Crippen LogP contribution >= 0.6 is 24.0 Å². The number of thioether (sulfide) groups is 1. The highest BCUT2D eigenvalue weighted by Gasteiger charge is 2.28. The lowest BCUT2D eigenvalue weighted by atomic mass is 10.1. The Bertz CT molecular complexity index is 473. The van der Waals surface area contributed by atoms with E-state index in [4.69, 9.17) is 18.0 Å². The predicted molar refractivity (Wildman–Crippen MR) is 89.3 cm³/mol. The van der Waals surface area contributed by atoms with Crippen molar-refractivity contribution in [3.05, 3.63) is 23.8 Å². The number of thiocarbonyl (C=S) groups is 1. The topological polar surface area (TPSA) is 29.3 Å². The molecule has 1 saturated heterocycles. The van der Waals surface area contributed by atoms with Crippen LogP contribution in [0.15, 0.2) is 23.1 Å². The van der Waals surface area contributed by atoms with Crippen molar-refractivity contribution >= 4 is 34.7 Å². The summed E-state index contributed by atoms with van der Waals surface area (Å²) in [6.07, 6.45) is 1.24. The first-order valence-electron chi connectivity index (χ1n) is 6.86. The van der Waals surface area contributed by atoms with E-state index in [1.165, 1.54) is 17.0 Å². The number of nitrogens with zero attached hydrogens (tertiary/aromatic N) is 1. The standard InChI is InChI=1S/C15H22N2S2/c1-4-19-13-7-5-6-12(14(13)15(16)18)17-9-10(2)8-11(17)3/h5-7,10-11H,4,8-9H2,1-3H3,(H2,16,18). The van der Waals surface area contributed by atoms with Gasteiger partial charge in [0.1, 0.15) is 4.99 Å². The maximum atomic E-state index is 5.98. The van der Waals surface area contributed by atoms with Gasteiger partial charge in [0.15, 0.2) is 0 Å². The Labute approximate surface area is 125 Å². The van der Waals surface area contributed by atoms with E-state index in [-0.39, 0.29) is 0 Å². The van der Waals surface area contributed by atoms with E-state index >= 15 is 0 Å². The number of nitrogens with two attached hydrogens (primary N) is 1. The fourth-order valence-corrected chi connectivity index (χ4v) is 4.04. The highest BCUT2D eigenvalue weighted by atomic mass is 32.2. The van der Waals surface area contributed by atoms with Crippen molar-refractivity contribution in [2.45, 2.75) is 38.1 Å². The van der Waals surface area contributed by atoms with Gasteiger partial charge in [-0.25, -0.2) is 0 Å². The van der Waals surface area contributed by atoms with Crippen LogP contribution in [-0.2, 0) is 0 Å². The van der Waals surface area contributed by atoms with E-state index in [0.29, 0.717) is 11.0 Å². The average molecular weight is 294 g/mol. The molecule has 2 N–H and O–H groups in total. The summed E-state index contributed by atoms with van der Waals surface area (Å²) >= 11 is 7.10. The second kappa shape index (κ2) is 6.14. The zero-order valence-corrected chi connectivity index (χ0v) is 13.5. The van der Waals surface area contributed by atoms with Gasteiger partial charge < -0.3 is 10.6 Å². The molecule has 4 heteroatoms. The Morgan fingerprint density at radius 2 is 2.21 bits per heavy atom. The molecule has 19 heavy (non-hydrogen) atoms. The molecule has 0 spiro atoms. The number of hydrogen-bond donors (Lipinski definition) is 1. The van der Waals surface area contributed by atoms with Crippen LogP contribution in [0.25, 0.3) is 0 Å². The number of benzene rings is 1. The van der Waals surface area contributed by atoms with Crippen LogP contribution in [0.2, 0.25) is 0 Å². The van der Waals surface area contributed by atoms with Crippen LogP contribution < -0.4 is 10.6 Å². The lowest BCUT2D eigenvalue weighted by Crippen LogP contribution is -2.29. The quantitative estimate of drug-likeness (QED) is 0.678. The van der Waals surface area contributed by atoms with Crippen molar-refractivity contribution < 1.29 is 0 Å². The SMILES string of the molecule is CCSc1cccc(N2CC(C)CC2C)c1C(N)=S. The van der Waals surface area contributed by atoms with Gasteiger partial charge in [-0.3, -0.25) is 0 Å². The van der Waals surface area contributed by atoms with Crippen molar-refractivity contribution in [1.82, 2.24) is 0 Å². The lowest BCUT2D eigenvalue weighted by molar-refractivity contribution is 0.625. The number of anilines is 1. The van der Waals surface area contributed by atoms with Gasteiger partial charge in [-0.1, -0.05) is 32.1 Å². The van der Waals surface area contributed by atoms with Gasteiger partial charge in [-0.05, 0) is 37.1 Å². The highest BCUT2D eigenvalue weighted by Crippen LogP contribution is 2.35. The smallest absolute Gasteiger partial charge is 0.107 e. The van der Waals surface area contributed by atoms with Crippen molar-refractivity contribution in [3.8, 4) is 0 Å². The van der Waals surface area contributed by atoms with Crippen molar-refractivity contribution in [2.24, 2.45) is 11.7 Å². The van der Waals surface area contributed by atoms with E-state index in [0.717, 1.165) is 23.8 Å². The second-order valence-corrected chi connectivity index (χ2v) is 7.04.